The van der Waals surface area contributed by atoms with Gasteiger partial charge in [-0.25, -0.2) is 0 Å². The normalized spacial score (nSPS) is 26.7. The summed E-state index contributed by atoms with van der Waals surface area (Å²) < 4.78 is 5.06. The zero-order valence-electron chi connectivity index (χ0n) is 8.72. The van der Waals surface area contributed by atoms with Gasteiger partial charge in [0, 0.05) is 13.1 Å². The second-order valence-corrected chi connectivity index (χ2v) is 4.06. The van der Waals surface area contributed by atoms with E-state index in [-0.39, 0.29) is 17.9 Å². The number of hydrogen-bond acceptors (Lipinski definition) is 3. The molecule has 1 aliphatic rings. The van der Waals surface area contributed by atoms with Crippen LogP contribution in [-0.2, 0) is 0 Å². The fourth-order valence-electron chi connectivity index (χ4n) is 1.87. The number of hydrogen-bond donors (Lipinski definition) is 1. The Balaban J connectivity index is 2.03. The minimum atomic E-state index is -0.286. The number of carbonyl (C=O) groups excluding carboxylic acids is 1. The van der Waals surface area contributed by atoms with Gasteiger partial charge in [0.05, 0.1) is 12.4 Å². The van der Waals surface area contributed by atoms with Gasteiger partial charge in [0.2, 0.25) is 0 Å². The van der Waals surface area contributed by atoms with Crippen molar-refractivity contribution >= 4 is 5.91 Å². The van der Waals surface area contributed by atoms with Crippen LogP contribution in [0.1, 0.15) is 23.9 Å². The topological polar surface area (TPSA) is 53.7 Å². The Morgan fingerprint density at radius 2 is 2.47 bits per heavy atom. The second-order valence-electron chi connectivity index (χ2n) is 4.06. The Kier molecular flexibility index (Phi) is 2.77. The monoisotopic (exact) mass is 209 g/mol. The summed E-state index contributed by atoms with van der Waals surface area (Å²) in [6, 6.07) is 3.37. The number of nitrogens with zero attached hydrogens (tertiary/aromatic N) is 1. The van der Waals surface area contributed by atoms with E-state index in [1.807, 2.05) is 6.92 Å². The molecule has 4 heteroatoms. The zero-order valence-corrected chi connectivity index (χ0v) is 8.72. The molecule has 2 atom stereocenters. The average molecular weight is 209 g/mol. The third-order valence-corrected chi connectivity index (χ3v) is 2.88. The van der Waals surface area contributed by atoms with Crippen LogP contribution in [0, 0.1) is 5.92 Å². The van der Waals surface area contributed by atoms with Gasteiger partial charge in [-0.15, -0.1) is 0 Å². The molecule has 0 aliphatic carbocycles. The molecule has 0 aromatic carbocycles. The lowest BCUT2D eigenvalue weighted by atomic mass is 9.96. The third kappa shape index (κ3) is 2.04. The van der Waals surface area contributed by atoms with Crippen LogP contribution in [0.25, 0.3) is 0 Å². The van der Waals surface area contributed by atoms with E-state index in [0.29, 0.717) is 25.3 Å². The smallest absolute Gasteiger partial charge is 0.289 e. The minimum Gasteiger partial charge on any atom is -0.459 e. The van der Waals surface area contributed by atoms with Crippen molar-refractivity contribution in [2.24, 2.45) is 5.92 Å². The second kappa shape index (κ2) is 4.06. The average Bonchev–Trinajstić information content (AvgIpc) is 2.74. The number of rotatable bonds is 1. The SMILES string of the molecule is CC1CN(C(=O)c2ccco2)CCC1O. The highest BCUT2D eigenvalue weighted by Crippen LogP contribution is 2.18. The van der Waals surface area contributed by atoms with Crippen LogP contribution in [0.15, 0.2) is 22.8 Å². The molecule has 2 rings (SSSR count). The number of furan rings is 1. The minimum absolute atomic E-state index is 0.0845. The van der Waals surface area contributed by atoms with Crippen LogP contribution in [0.4, 0.5) is 0 Å². The summed E-state index contributed by atoms with van der Waals surface area (Å²) in [4.78, 5) is 13.6. The van der Waals surface area contributed by atoms with Crippen molar-refractivity contribution in [2.75, 3.05) is 13.1 Å². The van der Waals surface area contributed by atoms with Crippen molar-refractivity contribution in [3.63, 3.8) is 0 Å². The largest absolute Gasteiger partial charge is 0.459 e. The van der Waals surface area contributed by atoms with Gasteiger partial charge in [-0.2, -0.15) is 0 Å². The Hall–Kier alpha value is -1.29. The molecule has 1 amide bonds. The molecule has 15 heavy (non-hydrogen) atoms. The molecule has 0 bridgehead atoms. The molecule has 1 N–H and O–H groups in total. The van der Waals surface area contributed by atoms with Gasteiger partial charge in [0.15, 0.2) is 5.76 Å². The molecule has 1 aromatic heterocycles. The first-order valence-corrected chi connectivity index (χ1v) is 5.19. The molecule has 4 nitrogen and oxygen atoms in total. The summed E-state index contributed by atoms with van der Waals surface area (Å²) in [6.07, 6.45) is 1.86. The van der Waals surface area contributed by atoms with E-state index >= 15 is 0 Å². The van der Waals surface area contributed by atoms with Crippen molar-refractivity contribution in [1.29, 1.82) is 0 Å². The van der Waals surface area contributed by atoms with E-state index in [0.717, 1.165) is 0 Å². The molecule has 0 radical (unpaired) electrons. The number of likely N-dealkylation sites (tertiary alicyclic amines) is 1. The number of carbonyl (C=O) groups is 1. The van der Waals surface area contributed by atoms with E-state index in [2.05, 4.69) is 0 Å². The van der Waals surface area contributed by atoms with Crippen LogP contribution >= 0.6 is 0 Å². The van der Waals surface area contributed by atoms with Crippen molar-refractivity contribution in [3.8, 4) is 0 Å². The van der Waals surface area contributed by atoms with E-state index < -0.39 is 0 Å². The van der Waals surface area contributed by atoms with Gasteiger partial charge < -0.3 is 14.4 Å². The lowest BCUT2D eigenvalue weighted by Gasteiger charge is -2.33. The van der Waals surface area contributed by atoms with E-state index in [1.165, 1.54) is 6.26 Å². The fourth-order valence-corrected chi connectivity index (χ4v) is 1.87. The van der Waals surface area contributed by atoms with Crippen LogP contribution < -0.4 is 0 Å². The van der Waals surface area contributed by atoms with E-state index in [1.54, 1.807) is 17.0 Å². The highest BCUT2D eigenvalue weighted by atomic mass is 16.3. The van der Waals surface area contributed by atoms with Gasteiger partial charge in [-0.1, -0.05) is 6.92 Å². The Bertz CT molecular complexity index is 334. The predicted octanol–water partition coefficient (Wildman–Crippen LogP) is 1.12. The fraction of sp³-hybridized carbons (Fsp3) is 0.545. The summed E-state index contributed by atoms with van der Waals surface area (Å²) >= 11 is 0. The molecule has 2 heterocycles. The molecule has 1 aromatic rings. The van der Waals surface area contributed by atoms with Crippen LogP contribution in [0.2, 0.25) is 0 Å². The molecule has 1 aliphatic heterocycles. The van der Waals surface area contributed by atoms with Crippen molar-refractivity contribution in [3.05, 3.63) is 24.2 Å². The molecular formula is C11H15NO3. The molecule has 0 saturated carbocycles. The van der Waals surface area contributed by atoms with Gasteiger partial charge >= 0.3 is 0 Å². The summed E-state index contributed by atoms with van der Waals surface area (Å²) in [5, 5.41) is 9.55. The van der Waals surface area contributed by atoms with Gasteiger partial charge in [0.1, 0.15) is 0 Å². The van der Waals surface area contributed by atoms with E-state index in [9.17, 15) is 9.90 Å². The number of aliphatic hydroxyl groups excluding tert-OH is 1. The van der Waals surface area contributed by atoms with Crippen LogP contribution in [-0.4, -0.2) is 35.1 Å². The molecule has 1 saturated heterocycles. The first-order chi connectivity index (χ1) is 7.18. The summed E-state index contributed by atoms with van der Waals surface area (Å²) in [7, 11) is 0. The van der Waals surface area contributed by atoms with Crippen LogP contribution in [0.5, 0.6) is 0 Å². The highest BCUT2D eigenvalue weighted by molar-refractivity contribution is 5.91. The molecule has 2 unspecified atom stereocenters. The Morgan fingerprint density at radius 1 is 1.67 bits per heavy atom. The highest BCUT2D eigenvalue weighted by Gasteiger charge is 2.28. The number of piperidine rings is 1. The lowest BCUT2D eigenvalue weighted by molar-refractivity contribution is 0.0279. The summed E-state index contributed by atoms with van der Waals surface area (Å²) in [5.74, 6) is 0.426. The summed E-state index contributed by atoms with van der Waals surface area (Å²) in [6.45, 7) is 3.15. The van der Waals surface area contributed by atoms with E-state index in [4.69, 9.17) is 4.42 Å². The number of amides is 1. The molecular weight excluding hydrogens is 194 g/mol. The van der Waals surface area contributed by atoms with Crippen molar-refractivity contribution < 1.29 is 14.3 Å². The van der Waals surface area contributed by atoms with Crippen LogP contribution in [0.3, 0.4) is 0 Å². The first kappa shape index (κ1) is 10.2. The number of aliphatic hydroxyl groups is 1. The first-order valence-electron chi connectivity index (χ1n) is 5.19. The Morgan fingerprint density at radius 3 is 3.07 bits per heavy atom. The van der Waals surface area contributed by atoms with Gasteiger partial charge in [-0.05, 0) is 24.5 Å². The molecule has 0 spiro atoms. The summed E-state index contributed by atoms with van der Waals surface area (Å²) in [5.41, 5.74) is 0. The lowest BCUT2D eigenvalue weighted by Crippen LogP contribution is -2.44. The quantitative estimate of drug-likeness (QED) is 0.754. The van der Waals surface area contributed by atoms with Gasteiger partial charge in [0.25, 0.3) is 5.91 Å². The molecule has 1 fully saturated rings. The zero-order chi connectivity index (χ0) is 10.8. The Labute approximate surface area is 88.5 Å². The predicted molar refractivity (Wildman–Crippen MR) is 54.4 cm³/mol. The standard InChI is InChI=1S/C11H15NO3/c1-8-7-12(5-4-9(8)13)11(14)10-3-2-6-15-10/h2-3,6,8-9,13H,4-5,7H2,1H3. The maximum atomic E-state index is 11.9. The maximum absolute atomic E-state index is 11.9. The third-order valence-electron chi connectivity index (χ3n) is 2.88. The van der Waals surface area contributed by atoms with Crippen molar-refractivity contribution in [2.45, 2.75) is 19.4 Å². The molecule has 82 valence electrons. The van der Waals surface area contributed by atoms with Gasteiger partial charge in [-0.3, -0.25) is 4.79 Å². The van der Waals surface area contributed by atoms with Crippen molar-refractivity contribution in [1.82, 2.24) is 4.90 Å². The maximum Gasteiger partial charge on any atom is 0.289 e.